The minimum absolute atomic E-state index is 0.0870. The standard InChI is InChI=1S/C27H32O9/c1-15-7-8-25-13-32-23(30)22-26(36-22)9-10-31-16(21(26)29)5-3-4-6-20(28)35-17-12-19(34-18(25)11-15)27(14-33-27)24(17,25)2/h4-6,11,17-19,21-22,29H,3,7-10,12-14H2,1-2H3/b6-4-,16-5-/t17-,18?,19?,21?,22-,24-,25-,26-,27?/m1/s1. The SMILES string of the molecule is CC1=CC2OC3C[C@H]4OC(=O)/C=C\C/C=C5\OCC[C@@]6(O[C@@H]6C(=O)OC[C@@]2(CC1)[C@]4(C)C31CO1)C5O. The van der Waals surface area contributed by atoms with E-state index < -0.39 is 52.3 Å². The Bertz CT molecular complexity index is 1100. The van der Waals surface area contributed by atoms with E-state index in [-0.39, 0.29) is 18.8 Å². The van der Waals surface area contributed by atoms with Crippen molar-refractivity contribution in [3.63, 3.8) is 0 Å². The van der Waals surface area contributed by atoms with Gasteiger partial charge in [-0.2, -0.15) is 0 Å². The molecule has 9 atom stereocenters. The number of fused-ring (bicyclic) bond motifs is 1. The van der Waals surface area contributed by atoms with Gasteiger partial charge in [-0.25, -0.2) is 9.59 Å². The maximum atomic E-state index is 13.3. The van der Waals surface area contributed by atoms with Crippen LogP contribution in [0.15, 0.2) is 35.6 Å². The van der Waals surface area contributed by atoms with Crippen LogP contribution in [0, 0.1) is 10.8 Å². The molecule has 0 aromatic carbocycles. The summed E-state index contributed by atoms with van der Waals surface area (Å²) in [5.74, 6) is -0.588. The number of cyclic esters (lactones) is 1. The predicted octanol–water partition coefficient (Wildman–Crippen LogP) is 1.88. The van der Waals surface area contributed by atoms with Crippen molar-refractivity contribution in [3.8, 4) is 0 Å². The lowest BCUT2D eigenvalue weighted by atomic mass is 9.51. The zero-order chi connectivity index (χ0) is 24.9. The molecule has 4 saturated heterocycles. The molecule has 9 nitrogen and oxygen atoms in total. The number of epoxide rings is 2. The normalized spacial score (nSPS) is 53.5. The Kier molecular flexibility index (Phi) is 4.74. The van der Waals surface area contributed by atoms with Crippen LogP contribution in [0.4, 0.5) is 0 Å². The molecular formula is C27H32O9. The zero-order valence-corrected chi connectivity index (χ0v) is 20.6. The highest BCUT2D eigenvalue weighted by atomic mass is 16.7. The summed E-state index contributed by atoms with van der Waals surface area (Å²) in [6.07, 6.45) is 6.90. The minimum Gasteiger partial charge on any atom is -0.495 e. The highest BCUT2D eigenvalue weighted by Gasteiger charge is 2.83. The van der Waals surface area contributed by atoms with Gasteiger partial charge in [0.25, 0.3) is 0 Å². The van der Waals surface area contributed by atoms with E-state index in [9.17, 15) is 14.7 Å². The maximum absolute atomic E-state index is 13.3. The van der Waals surface area contributed by atoms with Crippen LogP contribution in [0.2, 0.25) is 0 Å². The first kappa shape index (κ1) is 23.0. The fourth-order valence-electron chi connectivity index (χ4n) is 7.72. The fourth-order valence-corrected chi connectivity index (χ4v) is 7.72. The van der Waals surface area contributed by atoms with Crippen LogP contribution in [0.5, 0.6) is 0 Å². The molecule has 3 spiro atoms. The number of aliphatic hydroxyl groups is 1. The lowest BCUT2D eigenvalue weighted by Gasteiger charge is -2.58. The van der Waals surface area contributed by atoms with Crippen molar-refractivity contribution >= 4 is 11.9 Å². The molecule has 0 aromatic heterocycles. The third kappa shape index (κ3) is 2.80. The highest BCUT2D eigenvalue weighted by Crippen LogP contribution is 2.72. The first-order chi connectivity index (χ1) is 17.3. The average molecular weight is 501 g/mol. The minimum atomic E-state index is -1.08. The molecule has 0 radical (unpaired) electrons. The van der Waals surface area contributed by atoms with E-state index in [1.807, 2.05) is 0 Å². The molecule has 2 aliphatic carbocycles. The second kappa shape index (κ2) is 7.43. The summed E-state index contributed by atoms with van der Waals surface area (Å²) in [5.41, 5.74) is -1.63. The van der Waals surface area contributed by atoms with Gasteiger partial charge in [-0.05, 0) is 32.3 Å². The molecule has 0 aromatic rings. The Morgan fingerprint density at radius 2 is 1.94 bits per heavy atom. The molecule has 1 saturated carbocycles. The van der Waals surface area contributed by atoms with E-state index >= 15 is 0 Å². The quantitative estimate of drug-likeness (QED) is 0.302. The summed E-state index contributed by atoms with van der Waals surface area (Å²) < 4.78 is 36.3. The Hall–Kier alpha value is -2.20. The Balaban J connectivity index is 1.30. The van der Waals surface area contributed by atoms with Crippen molar-refractivity contribution in [3.05, 3.63) is 35.6 Å². The number of carbonyl (C=O) groups is 2. The van der Waals surface area contributed by atoms with Crippen LogP contribution >= 0.6 is 0 Å². The number of hydrogen-bond donors (Lipinski definition) is 1. The van der Waals surface area contributed by atoms with E-state index in [2.05, 4.69) is 19.9 Å². The number of esters is 2. The van der Waals surface area contributed by atoms with Gasteiger partial charge in [-0.1, -0.05) is 24.6 Å². The number of aliphatic hydroxyl groups excluding tert-OH is 1. The van der Waals surface area contributed by atoms with Crippen LogP contribution in [0.3, 0.4) is 0 Å². The second-order valence-corrected chi connectivity index (χ2v) is 11.6. The molecule has 7 aliphatic rings. The van der Waals surface area contributed by atoms with Crippen molar-refractivity contribution in [1.29, 1.82) is 0 Å². The molecule has 1 N–H and O–H groups in total. The number of allylic oxidation sites excluding steroid dienone is 3. The first-order valence-corrected chi connectivity index (χ1v) is 13.0. The van der Waals surface area contributed by atoms with Crippen molar-refractivity contribution in [1.82, 2.24) is 0 Å². The smallest absolute Gasteiger partial charge is 0.338 e. The molecule has 5 aliphatic heterocycles. The van der Waals surface area contributed by atoms with Crippen LogP contribution in [-0.4, -0.2) is 78.6 Å². The lowest BCUT2D eigenvalue weighted by Crippen LogP contribution is -2.66. The number of carbonyl (C=O) groups excluding carboxylic acids is 2. The number of rotatable bonds is 0. The van der Waals surface area contributed by atoms with Gasteiger partial charge in [-0.3, -0.25) is 0 Å². The molecule has 5 fully saturated rings. The molecule has 4 bridgehead atoms. The van der Waals surface area contributed by atoms with Crippen molar-refractivity contribution in [2.75, 3.05) is 19.8 Å². The Morgan fingerprint density at radius 1 is 1.11 bits per heavy atom. The topological polar surface area (TPSA) is 116 Å². The van der Waals surface area contributed by atoms with Crippen molar-refractivity contribution in [2.24, 2.45) is 10.8 Å². The van der Waals surface area contributed by atoms with Crippen LogP contribution in [-0.2, 0) is 38.0 Å². The van der Waals surface area contributed by atoms with Gasteiger partial charge in [0, 0.05) is 24.3 Å². The van der Waals surface area contributed by atoms with Crippen LogP contribution < -0.4 is 0 Å². The molecular weight excluding hydrogens is 468 g/mol. The van der Waals surface area contributed by atoms with Crippen molar-refractivity contribution < 1.29 is 43.1 Å². The number of hydrogen-bond acceptors (Lipinski definition) is 9. The second-order valence-electron chi connectivity index (χ2n) is 11.6. The average Bonchev–Trinajstić information content (AvgIpc) is 3.76. The molecule has 4 unspecified atom stereocenters. The summed E-state index contributed by atoms with van der Waals surface area (Å²) in [6, 6.07) is 0. The van der Waals surface area contributed by atoms with Gasteiger partial charge in [-0.15, -0.1) is 0 Å². The molecule has 194 valence electrons. The Morgan fingerprint density at radius 3 is 2.75 bits per heavy atom. The van der Waals surface area contributed by atoms with Crippen LogP contribution in [0.25, 0.3) is 0 Å². The zero-order valence-electron chi connectivity index (χ0n) is 20.6. The van der Waals surface area contributed by atoms with Gasteiger partial charge >= 0.3 is 11.9 Å². The van der Waals surface area contributed by atoms with E-state index in [0.717, 1.165) is 6.42 Å². The summed E-state index contributed by atoms with van der Waals surface area (Å²) in [6.45, 7) is 5.14. The van der Waals surface area contributed by atoms with E-state index in [1.165, 1.54) is 11.6 Å². The van der Waals surface area contributed by atoms with Gasteiger partial charge in [0.2, 0.25) is 0 Å². The summed E-state index contributed by atoms with van der Waals surface area (Å²) in [7, 11) is 0. The highest BCUT2D eigenvalue weighted by molar-refractivity contribution is 5.82. The number of ether oxygens (including phenoxy) is 6. The summed E-state index contributed by atoms with van der Waals surface area (Å²) >= 11 is 0. The Labute approximate surface area is 209 Å². The van der Waals surface area contributed by atoms with E-state index in [4.69, 9.17) is 28.4 Å². The fraction of sp³-hybridized carbons (Fsp3) is 0.704. The van der Waals surface area contributed by atoms with Crippen molar-refractivity contribution in [2.45, 2.75) is 87.7 Å². The van der Waals surface area contributed by atoms with Gasteiger partial charge in [0.05, 0.1) is 30.8 Å². The molecule has 36 heavy (non-hydrogen) atoms. The molecule has 9 heteroatoms. The molecule has 0 amide bonds. The lowest BCUT2D eigenvalue weighted by molar-refractivity contribution is -0.233. The summed E-state index contributed by atoms with van der Waals surface area (Å²) in [5, 5.41) is 10.9. The first-order valence-electron chi connectivity index (χ1n) is 13.0. The largest absolute Gasteiger partial charge is 0.495 e. The van der Waals surface area contributed by atoms with Crippen LogP contribution in [0.1, 0.15) is 46.0 Å². The third-order valence-corrected chi connectivity index (χ3v) is 10.1. The monoisotopic (exact) mass is 500 g/mol. The van der Waals surface area contributed by atoms with Gasteiger partial charge in [0.1, 0.15) is 35.8 Å². The molecule has 5 heterocycles. The summed E-state index contributed by atoms with van der Waals surface area (Å²) in [4.78, 5) is 26.2. The van der Waals surface area contributed by atoms with Gasteiger partial charge < -0.3 is 33.5 Å². The van der Waals surface area contributed by atoms with E-state index in [1.54, 1.807) is 12.2 Å². The maximum Gasteiger partial charge on any atom is 0.338 e. The van der Waals surface area contributed by atoms with E-state index in [0.29, 0.717) is 44.7 Å². The molecule has 7 rings (SSSR count). The third-order valence-electron chi connectivity index (χ3n) is 10.1. The predicted molar refractivity (Wildman–Crippen MR) is 122 cm³/mol. The van der Waals surface area contributed by atoms with Gasteiger partial charge in [0.15, 0.2) is 6.10 Å².